The molecule has 110 valence electrons. The molecule has 0 aromatic rings. The highest BCUT2D eigenvalue weighted by molar-refractivity contribution is 5.83. The van der Waals surface area contributed by atoms with E-state index in [2.05, 4.69) is 11.9 Å². The summed E-state index contributed by atoms with van der Waals surface area (Å²) in [5, 5.41) is 2.96. The van der Waals surface area contributed by atoms with Crippen molar-refractivity contribution in [2.75, 3.05) is 7.11 Å². The molecule has 0 fully saturated rings. The van der Waals surface area contributed by atoms with Crippen molar-refractivity contribution < 1.29 is 14.3 Å². The average Bonchev–Trinajstić information content (AvgIpc) is 2.31. The zero-order valence-electron chi connectivity index (χ0n) is 12.8. The topological polar surface area (TPSA) is 55.4 Å². The molecule has 0 aliphatic rings. The van der Waals surface area contributed by atoms with E-state index in [0.29, 0.717) is 0 Å². The zero-order chi connectivity index (χ0) is 15.1. The standard InChI is InChI=1S/C15H27NO3/c1-7-8-9-15(4,5)16-13(17)10-12(11(2)3)14(18)19-6/h7,11-12H,1,8-10H2,2-6H3,(H,16,17)/t12-/m0/s1. The number of methoxy groups -OCH3 is 1. The number of rotatable bonds is 8. The zero-order valence-corrected chi connectivity index (χ0v) is 12.8. The van der Waals surface area contributed by atoms with Crippen LogP contribution in [0.5, 0.6) is 0 Å². The van der Waals surface area contributed by atoms with Crippen LogP contribution in [-0.2, 0) is 14.3 Å². The van der Waals surface area contributed by atoms with Crippen LogP contribution in [0.15, 0.2) is 12.7 Å². The Morgan fingerprint density at radius 1 is 1.37 bits per heavy atom. The SMILES string of the molecule is C=CCCC(C)(C)NC(=O)C[C@H](C(=O)OC)C(C)C. The number of carbonyl (C=O) groups is 2. The van der Waals surface area contributed by atoms with Crippen LogP contribution in [0.1, 0.15) is 47.0 Å². The third kappa shape index (κ3) is 6.99. The van der Waals surface area contributed by atoms with E-state index in [4.69, 9.17) is 4.74 Å². The predicted octanol–water partition coefficient (Wildman–Crippen LogP) is 2.68. The molecular weight excluding hydrogens is 242 g/mol. The first-order valence-corrected chi connectivity index (χ1v) is 6.73. The Morgan fingerprint density at radius 2 is 1.95 bits per heavy atom. The Kier molecular flexibility index (Phi) is 7.42. The van der Waals surface area contributed by atoms with Crippen LogP contribution in [0.3, 0.4) is 0 Å². The maximum absolute atomic E-state index is 12.0. The van der Waals surface area contributed by atoms with Gasteiger partial charge < -0.3 is 10.1 Å². The van der Waals surface area contributed by atoms with Gasteiger partial charge in [-0.15, -0.1) is 6.58 Å². The van der Waals surface area contributed by atoms with Gasteiger partial charge in [0, 0.05) is 12.0 Å². The molecule has 0 saturated heterocycles. The summed E-state index contributed by atoms with van der Waals surface area (Å²) in [6.45, 7) is 11.4. The van der Waals surface area contributed by atoms with Gasteiger partial charge in [0.1, 0.15) is 0 Å². The number of hydrogen-bond acceptors (Lipinski definition) is 3. The number of amides is 1. The number of ether oxygens (including phenoxy) is 1. The van der Waals surface area contributed by atoms with Gasteiger partial charge in [0.15, 0.2) is 0 Å². The van der Waals surface area contributed by atoms with Crippen molar-refractivity contribution in [2.45, 2.75) is 52.5 Å². The lowest BCUT2D eigenvalue weighted by Gasteiger charge is -2.27. The molecule has 0 aliphatic heterocycles. The minimum absolute atomic E-state index is 0.0782. The Morgan fingerprint density at radius 3 is 2.37 bits per heavy atom. The lowest BCUT2D eigenvalue weighted by Crippen LogP contribution is -2.44. The fourth-order valence-electron chi connectivity index (χ4n) is 1.90. The minimum atomic E-state index is -0.389. The van der Waals surface area contributed by atoms with Gasteiger partial charge in [0.2, 0.25) is 5.91 Å². The maximum Gasteiger partial charge on any atom is 0.309 e. The molecule has 0 aliphatic carbocycles. The lowest BCUT2D eigenvalue weighted by molar-refractivity contribution is -0.149. The second-order valence-corrected chi connectivity index (χ2v) is 5.84. The van der Waals surface area contributed by atoms with Crippen molar-refractivity contribution in [3.8, 4) is 0 Å². The molecule has 4 heteroatoms. The molecule has 4 nitrogen and oxygen atoms in total. The first-order valence-electron chi connectivity index (χ1n) is 6.73. The van der Waals surface area contributed by atoms with Gasteiger partial charge in [-0.25, -0.2) is 0 Å². The highest BCUT2D eigenvalue weighted by Crippen LogP contribution is 2.18. The summed E-state index contributed by atoms with van der Waals surface area (Å²) in [5.41, 5.74) is -0.289. The van der Waals surface area contributed by atoms with Crippen LogP contribution in [0, 0.1) is 11.8 Å². The minimum Gasteiger partial charge on any atom is -0.469 e. The lowest BCUT2D eigenvalue weighted by atomic mass is 9.91. The van der Waals surface area contributed by atoms with E-state index in [9.17, 15) is 9.59 Å². The monoisotopic (exact) mass is 269 g/mol. The molecule has 0 unspecified atom stereocenters. The quantitative estimate of drug-likeness (QED) is 0.544. The van der Waals surface area contributed by atoms with Crippen LogP contribution in [0.25, 0.3) is 0 Å². The second kappa shape index (κ2) is 7.97. The summed E-state index contributed by atoms with van der Waals surface area (Å²) >= 11 is 0. The van der Waals surface area contributed by atoms with E-state index >= 15 is 0 Å². The maximum atomic E-state index is 12.0. The van der Waals surface area contributed by atoms with Crippen molar-refractivity contribution in [2.24, 2.45) is 11.8 Å². The third-order valence-electron chi connectivity index (χ3n) is 3.17. The fourth-order valence-corrected chi connectivity index (χ4v) is 1.90. The molecule has 0 aromatic heterocycles. The molecule has 1 atom stereocenters. The first kappa shape index (κ1) is 17.7. The van der Waals surface area contributed by atoms with Crippen LogP contribution in [0.4, 0.5) is 0 Å². The van der Waals surface area contributed by atoms with Crippen LogP contribution in [-0.4, -0.2) is 24.5 Å². The summed E-state index contributed by atoms with van der Waals surface area (Å²) in [6.07, 6.45) is 3.67. The number of nitrogens with one attached hydrogen (secondary N) is 1. The first-order chi connectivity index (χ1) is 8.73. The molecule has 0 heterocycles. The average molecular weight is 269 g/mol. The Labute approximate surface area is 116 Å². The van der Waals surface area contributed by atoms with E-state index in [1.807, 2.05) is 33.8 Å². The molecular formula is C15H27NO3. The van der Waals surface area contributed by atoms with E-state index in [0.717, 1.165) is 12.8 Å². The molecule has 0 saturated carbocycles. The van der Waals surface area contributed by atoms with Gasteiger partial charge in [0.05, 0.1) is 13.0 Å². The van der Waals surface area contributed by atoms with Crippen molar-refractivity contribution in [3.63, 3.8) is 0 Å². The van der Waals surface area contributed by atoms with Gasteiger partial charge >= 0.3 is 5.97 Å². The van der Waals surface area contributed by atoms with Gasteiger partial charge in [0.25, 0.3) is 0 Å². The number of hydrogen-bond donors (Lipinski definition) is 1. The predicted molar refractivity (Wildman–Crippen MR) is 76.6 cm³/mol. The Balaban J connectivity index is 4.49. The normalized spacial score (nSPS) is 12.9. The largest absolute Gasteiger partial charge is 0.469 e. The number of esters is 1. The number of allylic oxidation sites excluding steroid dienone is 1. The Bertz CT molecular complexity index is 321. The molecule has 0 rings (SSSR count). The molecule has 0 bridgehead atoms. The summed E-state index contributed by atoms with van der Waals surface area (Å²) < 4.78 is 4.74. The van der Waals surface area contributed by atoms with Crippen molar-refractivity contribution >= 4 is 11.9 Å². The van der Waals surface area contributed by atoms with Gasteiger partial charge in [-0.3, -0.25) is 9.59 Å². The van der Waals surface area contributed by atoms with Crippen molar-refractivity contribution in [3.05, 3.63) is 12.7 Å². The molecule has 0 aromatic carbocycles. The smallest absolute Gasteiger partial charge is 0.309 e. The van der Waals surface area contributed by atoms with Crippen LogP contribution in [0.2, 0.25) is 0 Å². The van der Waals surface area contributed by atoms with E-state index in [-0.39, 0.29) is 35.7 Å². The van der Waals surface area contributed by atoms with Gasteiger partial charge in [-0.1, -0.05) is 19.9 Å². The summed E-state index contributed by atoms with van der Waals surface area (Å²) in [6, 6.07) is 0. The molecule has 1 N–H and O–H groups in total. The molecule has 0 radical (unpaired) electrons. The summed E-state index contributed by atoms with van der Waals surface area (Å²) in [4.78, 5) is 23.6. The van der Waals surface area contributed by atoms with Crippen LogP contribution >= 0.6 is 0 Å². The number of carbonyl (C=O) groups excluding carboxylic acids is 2. The molecule has 1 amide bonds. The van der Waals surface area contributed by atoms with Gasteiger partial charge in [-0.05, 0) is 32.6 Å². The highest BCUT2D eigenvalue weighted by atomic mass is 16.5. The van der Waals surface area contributed by atoms with E-state index < -0.39 is 0 Å². The molecule has 0 spiro atoms. The van der Waals surface area contributed by atoms with Crippen molar-refractivity contribution in [1.29, 1.82) is 0 Å². The summed E-state index contributed by atoms with van der Waals surface area (Å²) in [5.74, 6) is -0.748. The van der Waals surface area contributed by atoms with E-state index in [1.165, 1.54) is 7.11 Å². The Hall–Kier alpha value is -1.32. The van der Waals surface area contributed by atoms with E-state index in [1.54, 1.807) is 0 Å². The fraction of sp³-hybridized carbons (Fsp3) is 0.733. The van der Waals surface area contributed by atoms with Crippen molar-refractivity contribution in [1.82, 2.24) is 5.32 Å². The second-order valence-electron chi connectivity index (χ2n) is 5.84. The highest BCUT2D eigenvalue weighted by Gasteiger charge is 2.28. The van der Waals surface area contributed by atoms with Gasteiger partial charge in [-0.2, -0.15) is 0 Å². The van der Waals surface area contributed by atoms with Crippen LogP contribution < -0.4 is 5.32 Å². The third-order valence-corrected chi connectivity index (χ3v) is 3.17. The molecule has 19 heavy (non-hydrogen) atoms. The summed E-state index contributed by atoms with van der Waals surface area (Å²) in [7, 11) is 1.35.